The third-order valence-corrected chi connectivity index (χ3v) is 3.59. The molecule has 1 aromatic heterocycles. The van der Waals surface area contributed by atoms with Gasteiger partial charge in [-0.2, -0.15) is 0 Å². The summed E-state index contributed by atoms with van der Waals surface area (Å²) in [7, 11) is 2.19. The summed E-state index contributed by atoms with van der Waals surface area (Å²) >= 11 is 0. The molecular formula is C13H18N4. The van der Waals surface area contributed by atoms with Gasteiger partial charge in [-0.05, 0) is 44.1 Å². The average molecular weight is 230 g/mol. The molecule has 3 rings (SSSR count). The fourth-order valence-corrected chi connectivity index (χ4v) is 2.68. The summed E-state index contributed by atoms with van der Waals surface area (Å²) in [6.45, 7) is 3.46. The Hall–Kier alpha value is -1.55. The van der Waals surface area contributed by atoms with E-state index >= 15 is 0 Å². The molecule has 4 nitrogen and oxygen atoms in total. The van der Waals surface area contributed by atoms with Gasteiger partial charge in [0.05, 0.1) is 17.4 Å². The van der Waals surface area contributed by atoms with E-state index in [1.165, 1.54) is 25.0 Å². The van der Waals surface area contributed by atoms with E-state index in [9.17, 15) is 0 Å². The SMILES string of the molecule is CN1CCC(Cn2cnc3cc(N)ccc32)C1. The molecule has 17 heavy (non-hydrogen) atoms. The second kappa shape index (κ2) is 4.04. The first kappa shape index (κ1) is 10.6. The topological polar surface area (TPSA) is 47.1 Å². The number of anilines is 1. The zero-order valence-electron chi connectivity index (χ0n) is 10.1. The second-order valence-electron chi connectivity index (χ2n) is 5.06. The van der Waals surface area contributed by atoms with E-state index in [4.69, 9.17) is 5.73 Å². The molecule has 1 atom stereocenters. The third-order valence-electron chi connectivity index (χ3n) is 3.59. The normalized spacial score (nSPS) is 21.4. The van der Waals surface area contributed by atoms with Gasteiger partial charge in [0.1, 0.15) is 0 Å². The highest BCUT2D eigenvalue weighted by atomic mass is 15.1. The van der Waals surface area contributed by atoms with Crippen LogP contribution in [0, 0.1) is 5.92 Å². The summed E-state index contributed by atoms with van der Waals surface area (Å²) in [6, 6.07) is 5.95. The molecule has 2 N–H and O–H groups in total. The molecule has 0 amide bonds. The number of aromatic nitrogens is 2. The van der Waals surface area contributed by atoms with Crippen LogP contribution in [0.5, 0.6) is 0 Å². The van der Waals surface area contributed by atoms with Crippen molar-refractivity contribution in [3.8, 4) is 0 Å². The Morgan fingerprint density at radius 1 is 1.47 bits per heavy atom. The predicted molar refractivity (Wildman–Crippen MR) is 69.7 cm³/mol. The smallest absolute Gasteiger partial charge is 0.0958 e. The van der Waals surface area contributed by atoms with Crippen molar-refractivity contribution in [1.29, 1.82) is 0 Å². The molecule has 90 valence electrons. The molecule has 0 aliphatic carbocycles. The van der Waals surface area contributed by atoms with E-state index < -0.39 is 0 Å². The van der Waals surface area contributed by atoms with Crippen LogP contribution >= 0.6 is 0 Å². The molecule has 1 saturated heterocycles. The molecule has 0 radical (unpaired) electrons. The number of hydrogen-bond acceptors (Lipinski definition) is 3. The highest BCUT2D eigenvalue weighted by molar-refractivity contribution is 5.78. The lowest BCUT2D eigenvalue weighted by Crippen LogP contribution is -2.16. The Kier molecular flexibility index (Phi) is 2.52. The van der Waals surface area contributed by atoms with Gasteiger partial charge >= 0.3 is 0 Å². The summed E-state index contributed by atoms with van der Waals surface area (Å²) in [5, 5.41) is 0. The third kappa shape index (κ3) is 2.00. The van der Waals surface area contributed by atoms with Crippen molar-refractivity contribution in [2.45, 2.75) is 13.0 Å². The summed E-state index contributed by atoms with van der Waals surface area (Å²) in [6.07, 6.45) is 3.22. The lowest BCUT2D eigenvalue weighted by Gasteiger charge is -2.11. The van der Waals surface area contributed by atoms with Crippen LogP contribution in [0.1, 0.15) is 6.42 Å². The van der Waals surface area contributed by atoms with E-state index in [-0.39, 0.29) is 0 Å². The van der Waals surface area contributed by atoms with Gasteiger partial charge in [0, 0.05) is 18.8 Å². The fraction of sp³-hybridized carbons (Fsp3) is 0.462. The van der Waals surface area contributed by atoms with Crippen LogP contribution in [0.3, 0.4) is 0 Å². The number of fused-ring (bicyclic) bond motifs is 1. The van der Waals surface area contributed by atoms with Gasteiger partial charge in [-0.3, -0.25) is 0 Å². The number of hydrogen-bond donors (Lipinski definition) is 1. The van der Waals surface area contributed by atoms with Crippen LogP contribution in [0.15, 0.2) is 24.5 Å². The molecule has 1 aromatic carbocycles. The van der Waals surface area contributed by atoms with E-state index in [1.54, 1.807) is 0 Å². The van der Waals surface area contributed by atoms with E-state index in [0.29, 0.717) is 0 Å². The molecule has 1 aliphatic rings. The fourth-order valence-electron chi connectivity index (χ4n) is 2.68. The van der Waals surface area contributed by atoms with E-state index in [1.807, 2.05) is 18.5 Å². The first-order valence-corrected chi connectivity index (χ1v) is 6.11. The van der Waals surface area contributed by atoms with Gasteiger partial charge in [0.15, 0.2) is 0 Å². The Balaban J connectivity index is 1.85. The van der Waals surface area contributed by atoms with Gasteiger partial charge in [-0.15, -0.1) is 0 Å². The molecule has 4 heteroatoms. The minimum atomic E-state index is 0.745. The minimum absolute atomic E-state index is 0.745. The molecular weight excluding hydrogens is 212 g/mol. The average Bonchev–Trinajstić information content (AvgIpc) is 2.86. The molecule has 0 bridgehead atoms. The zero-order valence-corrected chi connectivity index (χ0v) is 10.1. The van der Waals surface area contributed by atoms with Gasteiger partial charge in [0.2, 0.25) is 0 Å². The highest BCUT2D eigenvalue weighted by Crippen LogP contribution is 2.21. The second-order valence-corrected chi connectivity index (χ2v) is 5.06. The van der Waals surface area contributed by atoms with Crippen molar-refractivity contribution in [1.82, 2.24) is 14.5 Å². The Morgan fingerprint density at radius 2 is 2.35 bits per heavy atom. The Morgan fingerprint density at radius 3 is 3.12 bits per heavy atom. The first-order chi connectivity index (χ1) is 8.22. The van der Waals surface area contributed by atoms with Crippen molar-refractivity contribution in [2.75, 3.05) is 25.9 Å². The van der Waals surface area contributed by atoms with Crippen LogP contribution in [-0.4, -0.2) is 34.6 Å². The first-order valence-electron chi connectivity index (χ1n) is 6.11. The molecule has 0 spiro atoms. The van der Waals surface area contributed by atoms with Crippen LogP contribution in [-0.2, 0) is 6.54 Å². The standard InChI is InChI=1S/C13H18N4/c1-16-5-4-10(7-16)8-17-9-15-12-6-11(14)2-3-13(12)17/h2-3,6,9-10H,4-5,7-8,14H2,1H3. The van der Waals surface area contributed by atoms with Crippen molar-refractivity contribution in [2.24, 2.45) is 5.92 Å². The number of imidazole rings is 1. The van der Waals surface area contributed by atoms with Gasteiger partial charge in [0.25, 0.3) is 0 Å². The molecule has 1 unspecified atom stereocenters. The van der Waals surface area contributed by atoms with Crippen molar-refractivity contribution >= 4 is 16.7 Å². The number of nitrogens with two attached hydrogens (primary N) is 1. The minimum Gasteiger partial charge on any atom is -0.399 e. The number of nitrogens with zero attached hydrogens (tertiary/aromatic N) is 3. The van der Waals surface area contributed by atoms with Crippen LogP contribution in [0.4, 0.5) is 5.69 Å². The van der Waals surface area contributed by atoms with E-state index in [2.05, 4.69) is 27.6 Å². The highest BCUT2D eigenvalue weighted by Gasteiger charge is 2.20. The number of likely N-dealkylation sites (tertiary alicyclic amines) is 1. The van der Waals surface area contributed by atoms with Crippen molar-refractivity contribution in [3.05, 3.63) is 24.5 Å². The molecule has 1 fully saturated rings. The largest absolute Gasteiger partial charge is 0.399 e. The summed E-state index contributed by atoms with van der Waals surface area (Å²) in [5.74, 6) is 0.745. The Labute approximate surface area is 101 Å². The van der Waals surface area contributed by atoms with E-state index in [0.717, 1.165) is 23.7 Å². The number of rotatable bonds is 2. The van der Waals surface area contributed by atoms with Gasteiger partial charge in [-0.1, -0.05) is 0 Å². The van der Waals surface area contributed by atoms with Crippen molar-refractivity contribution < 1.29 is 0 Å². The van der Waals surface area contributed by atoms with Gasteiger partial charge in [-0.25, -0.2) is 4.98 Å². The molecule has 2 heterocycles. The summed E-state index contributed by atoms with van der Waals surface area (Å²) in [5.41, 5.74) is 8.73. The lowest BCUT2D eigenvalue weighted by molar-refractivity contribution is 0.380. The van der Waals surface area contributed by atoms with Crippen LogP contribution in [0.2, 0.25) is 0 Å². The summed E-state index contributed by atoms with van der Waals surface area (Å²) in [4.78, 5) is 6.80. The van der Waals surface area contributed by atoms with Crippen molar-refractivity contribution in [3.63, 3.8) is 0 Å². The Bertz CT molecular complexity index is 531. The monoisotopic (exact) mass is 230 g/mol. The molecule has 0 saturated carbocycles. The van der Waals surface area contributed by atoms with Crippen LogP contribution < -0.4 is 5.73 Å². The molecule has 2 aromatic rings. The quantitative estimate of drug-likeness (QED) is 0.797. The van der Waals surface area contributed by atoms with Gasteiger partial charge < -0.3 is 15.2 Å². The predicted octanol–water partition coefficient (Wildman–Crippen LogP) is 1.57. The summed E-state index contributed by atoms with van der Waals surface area (Å²) < 4.78 is 2.25. The maximum absolute atomic E-state index is 5.76. The number of benzene rings is 1. The lowest BCUT2D eigenvalue weighted by atomic mass is 10.1. The van der Waals surface area contributed by atoms with Crippen LogP contribution in [0.25, 0.3) is 11.0 Å². The molecule has 1 aliphatic heterocycles. The zero-order chi connectivity index (χ0) is 11.8. The maximum Gasteiger partial charge on any atom is 0.0958 e. The number of nitrogen functional groups attached to an aromatic ring is 1. The maximum atomic E-state index is 5.76.